The van der Waals surface area contributed by atoms with E-state index < -0.39 is 0 Å². The van der Waals surface area contributed by atoms with Crippen LogP contribution in [0.15, 0.2) is 11.6 Å². The predicted octanol–water partition coefficient (Wildman–Crippen LogP) is 7.68. The van der Waals surface area contributed by atoms with Crippen molar-refractivity contribution in [3.05, 3.63) is 11.6 Å². The summed E-state index contributed by atoms with van der Waals surface area (Å²) in [4.78, 5) is 0. The third-order valence-corrected chi connectivity index (χ3v) is 10.2. The second-order valence-corrected chi connectivity index (χ2v) is 11.5. The van der Waals surface area contributed by atoms with Crippen molar-refractivity contribution in [1.82, 2.24) is 0 Å². The normalized spacial score (nSPS) is 45.1. The highest BCUT2D eigenvalue weighted by atomic mass is 16.3. The lowest BCUT2D eigenvalue weighted by atomic mass is 9.47. The molecule has 1 nitrogen and oxygen atoms in total. The van der Waals surface area contributed by atoms with Crippen LogP contribution in [0.4, 0.5) is 0 Å². The van der Waals surface area contributed by atoms with Gasteiger partial charge in [-0.25, -0.2) is 0 Å². The van der Waals surface area contributed by atoms with E-state index in [4.69, 9.17) is 0 Å². The van der Waals surface area contributed by atoms with Crippen molar-refractivity contribution in [2.45, 2.75) is 123 Å². The molecule has 160 valence electrons. The molecule has 0 heterocycles. The van der Waals surface area contributed by atoms with Crippen LogP contribution in [0.5, 0.6) is 0 Å². The molecule has 1 N–H and O–H groups in total. The highest BCUT2D eigenvalue weighted by molar-refractivity contribution is 5.25. The van der Waals surface area contributed by atoms with Gasteiger partial charge >= 0.3 is 0 Å². The van der Waals surface area contributed by atoms with Crippen molar-refractivity contribution in [3.63, 3.8) is 0 Å². The van der Waals surface area contributed by atoms with E-state index in [9.17, 15) is 5.11 Å². The van der Waals surface area contributed by atoms with Crippen molar-refractivity contribution in [2.75, 3.05) is 0 Å². The minimum Gasteiger partial charge on any atom is -0.393 e. The minimum atomic E-state index is -0.0714. The number of aliphatic hydroxyl groups excluding tert-OH is 1. The van der Waals surface area contributed by atoms with E-state index in [1.54, 1.807) is 5.57 Å². The fourth-order valence-corrected chi connectivity index (χ4v) is 8.40. The number of rotatable bonds is 7. The van der Waals surface area contributed by atoms with Crippen molar-refractivity contribution in [3.8, 4) is 0 Å². The van der Waals surface area contributed by atoms with Gasteiger partial charge in [0.25, 0.3) is 0 Å². The zero-order valence-corrected chi connectivity index (χ0v) is 19.0. The summed E-state index contributed by atoms with van der Waals surface area (Å²) >= 11 is 0. The van der Waals surface area contributed by atoms with Crippen LogP contribution in [0.2, 0.25) is 0 Å². The maximum atomic E-state index is 10.2. The molecule has 0 amide bonds. The molecule has 1 heteroatoms. The second-order valence-electron chi connectivity index (χ2n) is 11.5. The van der Waals surface area contributed by atoms with Crippen LogP contribution >= 0.6 is 0 Å². The number of hydrogen-bond donors (Lipinski definition) is 1. The topological polar surface area (TPSA) is 20.2 Å². The summed E-state index contributed by atoms with van der Waals surface area (Å²) in [7, 11) is 0. The molecule has 0 aromatic rings. The van der Waals surface area contributed by atoms with Gasteiger partial charge in [0.05, 0.1) is 6.10 Å². The van der Waals surface area contributed by atoms with Crippen molar-refractivity contribution >= 4 is 0 Å². The Labute approximate surface area is 174 Å². The van der Waals surface area contributed by atoms with E-state index in [2.05, 4.69) is 26.8 Å². The summed E-state index contributed by atoms with van der Waals surface area (Å²) in [5, 5.41) is 10.2. The molecular formula is C27H46O. The first-order valence-electron chi connectivity index (χ1n) is 12.9. The summed E-state index contributed by atoms with van der Waals surface area (Å²) in [6.07, 6.45) is 23.1. The Balaban J connectivity index is 1.39. The average Bonchev–Trinajstić information content (AvgIpc) is 3.01. The maximum absolute atomic E-state index is 10.2. The molecule has 0 aliphatic heterocycles. The van der Waals surface area contributed by atoms with Crippen LogP contribution in [0, 0.1) is 34.5 Å². The molecule has 0 bridgehead atoms. The van der Waals surface area contributed by atoms with Gasteiger partial charge in [-0.3, -0.25) is 0 Å². The molecule has 3 saturated carbocycles. The largest absolute Gasteiger partial charge is 0.393 e. The molecule has 0 saturated heterocycles. The van der Waals surface area contributed by atoms with Gasteiger partial charge in [0, 0.05) is 0 Å². The van der Waals surface area contributed by atoms with E-state index in [0.717, 1.165) is 36.5 Å². The molecule has 7 atom stereocenters. The molecule has 3 fully saturated rings. The molecule has 0 aromatic heterocycles. The lowest BCUT2D eigenvalue weighted by Crippen LogP contribution is -2.50. The number of aliphatic hydroxyl groups is 1. The fourth-order valence-electron chi connectivity index (χ4n) is 8.40. The lowest BCUT2D eigenvalue weighted by molar-refractivity contribution is -0.0508. The quantitative estimate of drug-likeness (QED) is 0.351. The Bertz CT molecular complexity index is 565. The van der Waals surface area contributed by atoms with E-state index in [1.165, 1.54) is 83.5 Å². The molecule has 0 spiro atoms. The smallest absolute Gasteiger partial charge is 0.0577 e. The second kappa shape index (κ2) is 8.44. The number of unbranched alkanes of at least 4 members (excludes halogenated alkanes) is 5. The van der Waals surface area contributed by atoms with Gasteiger partial charge < -0.3 is 5.11 Å². The first-order chi connectivity index (χ1) is 13.5. The molecule has 4 aliphatic rings. The summed E-state index contributed by atoms with van der Waals surface area (Å²) in [5.74, 6) is 3.79. The number of fused-ring (bicyclic) bond motifs is 5. The van der Waals surface area contributed by atoms with Crippen molar-refractivity contribution < 1.29 is 5.11 Å². The summed E-state index contributed by atoms with van der Waals surface area (Å²) in [5.41, 5.74) is 2.65. The molecule has 0 radical (unpaired) electrons. The van der Waals surface area contributed by atoms with Gasteiger partial charge in [-0.1, -0.05) is 70.9 Å². The number of allylic oxidation sites excluding steroid dienone is 1. The maximum Gasteiger partial charge on any atom is 0.0577 e. The van der Waals surface area contributed by atoms with Gasteiger partial charge in [0.2, 0.25) is 0 Å². The van der Waals surface area contributed by atoms with E-state index in [1.807, 2.05) is 0 Å². The summed E-state index contributed by atoms with van der Waals surface area (Å²) in [6.45, 7) is 7.57. The Morgan fingerprint density at radius 2 is 1.71 bits per heavy atom. The van der Waals surface area contributed by atoms with Gasteiger partial charge in [-0.2, -0.15) is 0 Å². The Kier molecular flexibility index (Phi) is 6.32. The molecule has 4 unspecified atom stereocenters. The van der Waals surface area contributed by atoms with Gasteiger partial charge in [-0.15, -0.1) is 0 Å². The Morgan fingerprint density at radius 1 is 0.929 bits per heavy atom. The SMILES string of the molecule is CCCCCCCC[C@H]1CCC2C3CC=C4CC(O)CC[C@]4(C)C3CC[C@@]21C. The number of hydrogen-bond acceptors (Lipinski definition) is 1. The van der Waals surface area contributed by atoms with Gasteiger partial charge in [0.1, 0.15) is 0 Å². The lowest BCUT2D eigenvalue weighted by Gasteiger charge is -2.58. The Morgan fingerprint density at radius 3 is 2.54 bits per heavy atom. The molecule has 0 aromatic carbocycles. The molecule has 28 heavy (non-hydrogen) atoms. The monoisotopic (exact) mass is 386 g/mol. The van der Waals surface area contributed by atoms with E-state index in [0.29, 0.717) is 10.8 Å². The van der Waals surface area contributed by atoms with Crippen LogP contribution < -0.4 is 0 Å². The highest BCUT2D eigenvalue weighted by Gasteiger charge is 2.58. The molecule has 4 aliphatic carbocycles. The van der Waals surface area contributed by atoms with Crippen molar-refractivity contribution in [2.24, 2.45) is 34.5 Å². The first-order valence-corrected chi connectivity index (χ1v) is 12.9. The first kappa shape index (κ1) is 21.0. The van der Waals surface area contributed by atoms with Crippen molar-refractivity contribution in [1.29, 1.82) is 0 Å². The van der Waals surface area contributed by atoms with Crippen LogP contribution in [0.25, 0.3) is 0 Å². The van der Waals surface area contributed by atoms with E-state index in [-0.39, 0.29) is 6.10 Å². The third-order valence-electron chi connectivity index (χ3n) is 10.2. The minimum absolute atomic E-state index is 0.0714. The van der Waals surface area contributed by atoms with Crippen LogP contribution in [0.1, 0.15) is 117 Å². The standard InChI is InChI=1S/C27H46O/c1-4-5-6-7-8-9-10-20-12-14-24-23-13-11-21-19-22(28)15-17-27(21,3)25(23)16-18-26(20,24)2/h11,20,22-25,28H,4-10,12-19H2,1-3H3/t20-,22?,23?,24?,25?,26+,27-/m0/s1. The third kappa shape index (κ3) is 3.63. The molecule has 4 rings (SSSR count). The fraction of sp³-hybridized carbons (Fsp3) is 0.926. The van der Waals surface area contributed by atoms with Gasteiger partial charge in [0.15, 0.2) is 0 Å². The average molecular weight is 387 g/mol. The highest BCUT2D eigenvalue weighted by Crippen LogP contribution is 2.66. The zero-order chi connectivity index (χ0) is 19.8. The summed E-state index contributed by atoms with van der Waals surface area (Å²) < 4.78 is 0. The van der Waals surface area contributed by atoms with Gasteiger partial charge in [-0.05, 0) is 92.3 Å². The van der Waals surface area contributed by atoms with Crippen LogP contribution in [0.3, 0.4) is 0 Å². The zero-order valence-electron chi connectivity index (χ0n) is 19.0. The predicted molar refractivity (Wildman–Crippen MR) is 119 cm³/mol. The van der Waals surface area contributed by atoms with Crippen LogP contribution in [-0.4, -0.2) is 11.2 Å². The van der Waals surface area contributed by atoms with Crippen LogP contribution in [-0.2, 0) is 0 Å². The molecular weight excluding hydrogens is 340 g/mol. The van der Waals surface area contributed by atoms with E-state index >= 15 is 0 Å². The Hall–Kier alpha value is -0.300. The summed E-state index contributed by atoms with van der Waals surface area (Å²) in [6, 6.07) is 0.